The summed E-state index contributed by atoms with van der Waals surface area (Å²) in [5.74, 6) is 1.16. The van der Waals surface area contributed by atoms with Crippen molar-refractivity contribution in [1.29, 1.82) is 0 Å². The van der Waals surface area contributed by atoms with Gasteiger partial charge in [-0.3, -0.25) is 4.40 Å². The zero-order valence-corrected chi connectivity index (χ0v) is 18.7. The second-order valence-electron chi connectivity index (χ2n) is 7.71. The molecule has 0 atom stereocenters. The van der Waals surface area contributed by atoms with Gasteiger partial charge in [0.15, 0.2) is 0 Å². The number of pyridine rings is 1. The molecule has 164 valence electrons. The Labute approximate surface area is 191 Å². The van der Waals surface area contributed by atoms with Gasteiger partial charge in [0.25, 0.3) is 0 Å². The summed E-state index contributed by atoms with van der Waals surface area (Å²) >= 11 is 6.47. The zero-order valence-electron chi connectivity index (χ0n) is 18.0. The van der Waals surface area contributed by atoms with Crippen molar-refractivity contribution >= 4 is 34.6 Å². The average molecular weight is 450 g/mol. The Balaban J connectivity index is 1.47. The molecular formula is C23H24ClN7O. The summed E-state index contributed by atoms with van der Waals surface area (Å²) < 4.78 is 7.63. The Kier molecular flexibility index (Phi) is 5.55. The molecule has 4 aromatic rings. The second kappa shape index (κ2) is 8.64. The van der Waals surface area contributed by atoms with Crippen LogP contribution in [-0.2, 0) is 0 Å². The number of piperazine rings is 1. The first kappa shape index (κ1) is 20.5. The summed E-state index contributed by atoms with van der Waals surface area (Å²) in [6, 6.07) is 10.1. The fourth-order valence-corrected chi connectivity index (χ4v) is 4.08. The van der Waals surface area contributed by atoms with E-state index in [4.69, 9.17) is 16.3 Å². The van der Waals surface area contributed by atoms with E-state index in [-0.39, 0.29) is 0 Å². The maximum atomic E-state index is 6.47. The molecule has 1 fully saturated rings. The zero-order chi connectivity index (χ0) is 22.1. The van der Waals surface area contributed by atoms with Crippen molar-refractivity contribution in [1.82, 2.24) is 24.7 Å². The summed E-state index contributed by atoms with van der Waals surface area (Å²) in [6.07, 6.45) is 5.39. The van der Waals surface area contributed by atoms with Crippen molar-refractivity contribution < 1.29 is 4.74 Å². The first-order valence-corrected chi connectivity index (χ1v) is 10.9. The number of hydrogen-bond acceptors (Lipinski definition) is 7. The van der Waals surface area contributed by atoms with Gasteiger partial charge in [-0.05, 0) is 30.7 Å². The number of fused-ring (bicyclic) bond motifs is 1. The van der Waals surface area contributed by atoms with Gasteiger partial charge in [-0.25, -0.2) is 15.0 Å². The highest BCUT2D eigenvalue weighted by molar-refractivity contribution is 6.32. The lowest BCUT2D eigenvalue weighted by molar-refractivity contribution is 0.416. The maximum absolute atomic E-state index is 6.47. The molecule has 0 spiro atoms. The van der Waals surface area contributed by atoms with E-state index in [0.29, 0.717) is 16.7 Å². The molecule has 1 saturated heterocycles. The molecule has 0 aliphatic carbocycles. The van der Waals surface area contributed by atoms with E-state index in [9.17, 15) is 0 Å². The topological polar surface area (TPSA) is 79.6 Å². The molecule has 4 heterocycles. The SMILES string of the molecule is COc1cc(N2CCNCC2)ccc1Nc1ncc(Cl)c(-c2cnc3ccc(C)cn23)n1. The first-order valence-electron chi connectivity index (χ1n) is 10.5. The number of ether oxygens (including phenoxy) is 1. The monoisotopic (exact) mass is 449 g/mol. The van der Waals surface area contributed by atoms with Crippen LogP contribution in [-0.4, -0.2) is 52.6 Å². The highest BCUT2D eigenvalue weighted by Crippen LogP contribution is 2.33. The van der Waals surface area contributed by atoms with Gasteiger partial charge < -0.3 is 20.3 Å². The predicted octanol–water partition coefficient (Wildman–Crippen LogP) is 3.91. The number of nitrogens with zero attached hydrogens (tertiary/aromatic N) is 5. The lowest BCUT2D eigenvalue weighted by Crippen LogP contribution is -2.43. The van der Waals surface area contributed by atoms with Crippen molar-refractivity contribution in [2.45, 2.75) is 6.92 Å². The quantitative estimate of drug-likeness (QED) is 0.478. The van der Waals surface area contributed by atoms with Crippen LogP contribution in [0.5, 0.6) is 5.75 Å². The van der Waals surface area contributed by atoms with E-state index in [2.05, 4.69) is 36.6 Å². The number of rotatable bonds is 5. The molecule has 1 aliphatic heterocycles. The molecule has 8 nitrogen and oxygen atoms in total. The van der Waals surface area contributed by atoms with Gasteiger partial charge in [0.1, 0.15) is 17.1 Å². The Morgan fingerprint density at radius 1 is 1.09 bits per heavy atom. The number of aryl methyl sites for hydroxylation is 1. The average Bonchev–Trinajstić information content (AvgIpc) is 3.24. The number of aromatic nitrogens is 4. The van der Waals surface area contributed by atoms with Crippen LogP contribution in [0.3, 0.4) is 0 Å². The number of benzene rings is 1. The molecule has 9 heteroatoms. The van der Waals surface area contributed by atoms with Crippen molar-refractivity contribution in [2.24, 2.45) is 0 Å². The number of nitrogens with one attached hydrogen (secondary N) is 2. The highest BCUT2D eigenvalue weighted by Gasteiger charge is 2.16. The maximum Gasteiger partial charge on any atom is 0.227 e. The van der Waals surface area contributed by atoms with E-state index in [1.54, 1.807) is 19.5 Å². The van der Waals surface area contributed by atoms with E-state index in [1.165, 1.54) is 0 Å². The molecule has 0 bridgehead atoms. The standard InChI is InChI=1S/C23H24ClN7O/c1-15-3-6-21-26-13-19(31(21)14-15)22-17(24)12-27-23(29-22)28-18-5-4-16(11-20(18)32-2)30-9-7-25-8-10-30/h3-6,11-14,25H,7-10H2,1-2H3,(H,27,28,29). The minimum atomic E-state index is 0.431. The molecule has 1 aromatic carbocycles. The summed E-state index contributed by atoms with van der Waals surface area (Å²) in [4.78, 5) is 15.9. The number of anilines is 3. The van der Waals surface area contributed by atoms with E-state index < -0.39 is 0 Å². The third-order valence-corrected chi connectivity index (χ3v) is 5.83. The van der Waals surface area contributed by atoms with Gasteiger partial charge in [0.05, 0.1) is 35.9 Å². The Morgan fingerprint density at radius 2 is 1.94 bits per heavy atom. The third-order valence-electron chi connectivity index (χ3n) is 5.55. The van der Waals surface area contributed by atoms with Crippen molar-refractivity contribution in [3.63, 3.8) is 0 Å². The molecule has 3 aromatic heterocycles. The van der Waals surface area contributed by atoms with Gasteiger partial charge in [-0.15, -0.1) is 0 Å². The molecule has 5 rings (SSSR count). The fourth-order valence-electron chi connectivity index (χ4n) is 3.89. The van der Waals surface area contributed by atoms with Gasteiger partial charge in [-0.1, -0.05) is 17.7 Å². The smallest absolute Gasteiger partial charge is 0.227 e. The number of methoxy groups -OCH3 is 1. The summed E-state index contributed by atoms with van der Waals surface area (Å²) in [5.41, 5.74) is 5.29. The Bertz CT molecular complexity index is 1270. The molecule has 32 heavy (non-hydrogen) atoms. The second-order valence-corrected chi connectivity index (χ2v) is 8.12. The first-order chi connectivity index (χ1) is 15.6. The molecule has 1 aliphatic rings. The molecule has 0 unspecified atom stereocenters. The minimum Gasteiger partial charge on any atom is -0.494 e. The van der Waals surface area contributed by atoms with Crippen LogP contribution in [0.1, 0.15) is 5.56 Å². The van der Waals surface area contributed by atoms with Crippen LogP contribution in [0.2, 0.25) is 5.02 Å². The van der Waals surface area contributed by atoms with E-state index >= 15 is 0 Å². The van der Waals surface area contributed by atoms with Gasteiger partial charge in [-0.2, -0.15) is 0 Å². The van der Waals surface area contributed by atoms with Gasteiger partial charge in [0, 0.05) is 44.1 Å². The Hall–Kier alpha value is -3.36. The fraction of sp³-hybridized carbons (Fsp3) is 0.261. The van der Waals surface area contributed by atoms with E-state index in [1.807, 2.05) is 41.8 Å². The molecule has 0 saturated carbocycles. The minimum absolute atomic E-state index is 0.431. The number of halogens is 1. The van der Waals surface area contributed by atoms with Crippen molar-refractivity contribution in [3.05, 3.63) is 59.5 Å². The van der Waals surface area contributed by atoms with E-state index in [0.717, 1.165) is 60.2 Å². The summed E-state index contributed by atoms with van der Waals surface area (Å²) in [6.45, 7) is 5.93. The van der Waals surface area contributed by atoms with Crippen LogP contribution in [0.15, 0.2) is 48.9 Å². The molecule has 0 amide bonds. The van der Waals surface area contributed by atoms with Crippen LogP contribution in [0.4, 0.5) is 17.3 Å². The molecule has 0 radical (unpaired) electrons. The molecule has 2 N–H and O–H groups in total. The van der Waals surface area contributed by atoms with Crippen LogP contribution >= 0.6 is 11.6 Å². The number of hydrogen-bond donors (Lipinski definition) is 2. The Morgan fingerprint density at radius 3 is 2.75 bits per heavy atom. The van der Waals surface area contributed by atoms with Crippen molar-refractivity contribution in [3.8, 4) is 17.1 Å². The summed E-state index contributed by atoms with van der Waals surface area (Å²) in [7, 11) is 1.66. The van der Waals surface area contributed by atoms with Gasteiger partial charge >= 0.3 is 0 Å². The third kappa shape index (κ3) is 3.94. The van der Waals surface area contributed by atoms with Crippen molar-refractivity contribution in [2.75, 3.05) is 43.5 Å². The van der Waals surface area contributed by atoms with Gasteiger partial charge in [0.2, 0.25) is 5.95 Å². The normalized spacial score (nSPS) is 14.0. The summed E-state index contributed by atoms with van der Waals surface area (Å²) in [5, 5.41) is 7.11. The highest BCUT2D eigenvalue weighted by atomic mass is 35.5. The number of imidazole rings is 1. The lowest BCUT2D eigenvalue weighted by Gasteiger charge is -2.30. The predicted molar refractivity (Wildman–Crippen MR) is 127 cm³/mol. The largest absolute Gasteiger partial charge is 0.494 e. The molecular weight excluding hydrogens is 426 g/mol. The van der Waals surface area contributed by atoms with Crippen LogP contribution in [0, 0.1) is 6.92 Å². The van der Waals surface area contributed by atoms with Crippen LogP contribution < -0.4 is 20.3 Å². The lowest BCUT2D eigenvalue weighted by atomic mass is 10.2. The van der Waals surface area contributed by atoms with Crippen LogP contribution in [0.25, 0.3) is 17.0 Å².